The van der Waals surface area contributed by atoms with E-state index in [1.54, 1.807) is 20.0 Å². The number of carbonyl (C=O) groups is 3. The average molecular weight is 441 g/mol. The Morgan fingerprint density at radius 3 is 2.44 bits per heavy atom. The summed E-state index contributed by atoms with van der Waals surface area (Å²) in [5.74, 6) is -2.40. The highest BCUT2D eigenvalue weighted by atomic mass is 16.4. The molecular weight excluding hydrogens is 412 g/mol. The van der Waals surface area contributed by atoms with E-state index in [9.17, 15) is 19.5 Å². The number of carbonyl (C=O) groups excluding carboxylic acids is 2. The maximum absolute atomic E-state index is 13.0. The number of para-hydroxylation sites is 1. The number of nitrogens with zero attached hydrogens (tertiary/aromatic N) is 1. The van der Waals surface area contributed by atoms with Gasteiger partial charge in [0.15, 0.2) is 0 Å². The second-order valence-corrected chi connectivity index (χ2v) is 8.07. The number of hydrogen-bond donors (Lipinski definition) is 6. The van der Waals surface area contributed by atoms with Crippen LogP contribution in [-0.2, 0) is 27.2 Å². The number of rotatable bonds is 10. The number of aromatic nitrogens is 3. The number of nitrogens with one attached hydrogen (secondary N) is 4. The zero-order valence-corrected chi connectivity index (χ0v) is 18.0. The number of H-pyrrole nitrogens is 2. The minimum Gasteiger partial charge on any atom is -0.480 e. The van der Waals surface area contributed by atoms with E-state index < -0.39 is 35.9 Å². The summed E-state index contributed by atoms with van der Waals surface area (Å²) in [5.41, 5.74) is 8.18. The molecule has 2 heterocycles. The quantitative estimate of drug-likeness (QED) is 0.272. The fraction of sp³-hybridized carbons (Fsp3) is 0.364. The number of aliphatic carboxylic acids is 1. The molecule has 0 bridgehead atoms. The van der Waals surface area contributed by atoms with E-state index in [0.717, 1.165) is 16.5 Å². The third-order valence-corrected chi connectivity index (χ3v) is 5.35. The molecule has 1 aromatic carbocycles. The molecule has 10 nitrogen and oxygen atoms in total. The molecule has 0 spiro atoms. The Balaban J connectivity index is 1.76. The SMILES string of the molecule is CC(C)C(N)C(=O)NC(Cc1cnc[nH]1)C(=O)NC(Cc1c[nH]c2ccccc12)C(=O)O. The minimum absolute atomic E-state index is 0.0846. The molecule has 0 aliphatic rings. The van der Waals surface area contributed by atoms with Crippen molar-refractivity contribution in [2.45, 2.75) is 44.8 Å². The lowest BCUT2D eigenvalue weighted by Crippen LogP contribution is -2.56. The molecule has 0 fully saturated rings. The summed E-state index contributed by atoms with van der Waals surface area (Å²) in [5, 5.41) is 15.8. The number of amides is 2. The first-order valence-electron chi connectivity index (χ1n) is 10.4. The van der Waals surface area contributed by atoms with Gasteiger partial charge in [-0.25, -0.2) is 9.78 Å². The van der Waals surface area contributed by atoms with Crippen LogP contribution in [0.2, 0.25) is 0 Å². The number of imidazole rings is 1. The molecule has 0 aliphatic carbocycles. The van der Waals surface area contributed by atoms with E-state index in [0.29, 0.717) is 5.69 Å². The zero-order chi connectivity index (χ0) is 23.3. The largest absolute Gasteiger partial charge is 0.480 e. The van der Waals surface area contributed by atoms with Crippen LogP contribution in [0.3, 0.4) is 0 Å². The molecular formula is C22H28N6O4. The van der Waals surface area contributed by atoms with E-state index in [4.69, 9.17) is 5.73 Å². The van der Waals surface area contributed by atoms with Crippen molar-refractivity contribution >= 4 is 28.7 Å². The van der Waals surface area contributed by atoms with E-state index >= 15 is 0 Å². The van der Waals surface area contributed by atoms with Crippen molar-refractivity contribution in [1.29, 1.82) is 0 Å². The molecule has 3 aromatic rings. The third kappa shape index (κ3) is 5.52. The lowest BCUT2D eigenvalue weighted by Gasteiger charge is -2.23. The number of carboxylic acids is 1. The normalized spacial score (nSPS) is 14.1. The van der Waals surface area contributed by atoms with Crippen molar-refractivity contribution in [3.63, 3.8) is 0 Å². The molecule has 0 saturated heterocycles. The first kappa shape index (κ1) is 23.0. The van der Waals surface area contributed by atoms with Crippen LogP contribution in [-0.4, -0.2) is 56.0 Å². The molecule has 3 unspecified atom stereocenters. The molecule has 32 heavy (non-hydrogen) atoms. The van der Waals surface area contributed by atoms with E-state index in [2.05, 4.69) is 25.6 Å². The smallest absolute Gasteiger partial charge is 0.326 e. The molecule has 0 radical (unpaired) electrons. The fourth-order valence-corrected chi connectivity index (χ4v) is 3.39. The predicted molar refractivity (Wildman–Crippen MR) is 119 cm³/mol. The highest BCUT2D eigenvalue weighted by Crippen LogP contribution is 2.19. The second kappa shape index (κ2) is 10.1. The van der Waals surface area contributed by atoms with Gasteiger partial charge in [0.1, 0.15) is 12.1 Å². The van der Waals surface area contributed by atoms with Crippen LogP contribution >= 0.6 is 0 Å². The van der Waals surface area contributed by atoms with Crippen LogP contribution in [0, 0.1) is 5.92 Å². The molecule has 2 amide bonds. The van der Waals surface area contributed by atoms with Gasteiger partial charge in [-0.2, -0.15) is 0 Å². The van der Waals surface area contributed by atoms with Crippen LogP contribution in [0.5, 0.6) is 0 Å². The summed E-state index contributed by atoms with van der Waals surface area (Å²) in [6.45, 7) is 3.60. The summed E-state index contributed by atoms with van der Waals surface area (Å²) in [4.78, 5) is 47.3. The van der Waals surface area contributed by atoms with Gasteiger partial charge in [0.2, 0.25) is 11.8 Å². The highest BCUT2D eigenvalue weighted by molar-refractivity contribution is 5.92. The lowest BCUT2D eigenvalue weighted by atomic mass is 10.0. The van der Waals surface area contributed by atoms with Gasteiger partial charge in [0.25, 0.3) is 0 Å². The molecule has 10 heteroatoms. The summed E-state index contributed by atoms with van der Waals surface area (Å²) in [7, 11) is 0. The van der Waals surface area contributed by atoms with Crippen molar-refractivity contribution in [3.8, 4) is 0 Å². The van der Waals surface area contributed by atoms with Crippen LogP contribution < -0.4 is 16.4 Å². The fourth-order valence-electron chi connectivity index (χ4n) is 3.39. The van der Waals surface area contributed by atoms with Gasteiger partial charge in [-0.3, -0.25) is 9.59 Å². The molecule has 7 N–H and O–H groups in total. The van der Waals surface area contributed by atoms with Gasteiger partial charge in [-0.1, -0.05) is 32.0 Å². The number of carboxylic acid groups (broad SMARTS) is 1. The molecule has 2 aromatic heterocycles. The zero-order valence-electron chi connectivity index (χ0n) is 18.0. The maximum Gasteiger partial charge on any atom is 0.326 e. The first-order chi connectivity index (χ1) is 15.3. The van der Waals surface area contributed by atoms with Crippen molar-refractivity contribution in [3.05, 3.63) is 54.2 Å². The Labute approximate surface area is 185 Å². The van der Waals surface area contributed by atoms with E-state index in [-0.39, 0.29) is 18.8 Å². The Morgan fingerprint density at radius 2 is 1.78 bits per heavy atom. The van der Waals surface area contributed by atoms with E-state index in [1.807, 2.05) is 24.3 Å². The molecule has 0 saturated carbocycles. The molecule has 3 rings (SSSR count). The number of nitrogens with two attached hydrogens (primary N) is 1. The van der Waals surface area contributed by atoms with Gasteiger partial charge in [0.05, 0.1) is 12.4 Å². The van der Waals surface area contributed by atoms with Crippen molar-refractivity contribution in [1.82, 2.24) is 25.6 Å². The van der Waals surface area contributed by atoms with Crippen molar-refractivity contribution in [2.75, 3.05) is 0 Å². The first-order valence-corrected chi connectivity index (χ1v) is 10.4. The van der Waals surface area contributed by atoms with Gasteiger partial charge < -0.3 is 31.4 Å². The lowest BCUT2D eigenvalue weighted by molar-refractivity contribution is -0.142. The van der Waals surface area contributed by atoms with Crippen molar-refractivity contribution in [2.24, 2.45) is 11.7 Å². The number of hydrogen-bond acceptors (Lipinski definition) is 5. The van der Waals surface area contributed by atoms with Crippen LogP contribution in [0.1, 0.15) is 25.1 Å². The average Bonchev–Trinajstić information content (AvgIpc) is 3.42. The van der Waals surface area contributed by atoms with Gasteiger partial charge in [0, 0.05) is 41.8 Å². The summed E-state index contributed by atoms with van der Waals surface area (Å²) in [6.07, 6.45) is 4.93. The minimum atomic E-state index is -1.18. The molecule has 170 valence electrons. The number of aromatic amines is 2. The monoisotopic (exact) mass is 440 g/mol. The summed E-state index contributed by atoms with van der Waals surface area (Å²) >= 11 is 0. The molecule has 0 aliphatic heterocycles. The van der Waals surface area contributed by atoms with E-state index in [1.165, 1.54) is 12.5 Å². The predicted octanol–water partition coefficient (Wildman–Crippen LogP) is 0.714. The Hall–Kier alpha value is -3.66. The summed E-state index contributed by atoms with van der Waals surface area (Å²) < 4.78 is 0. The Morgan fingerprint density at radius 1 is 1.06 bits per heavy atom. The Kier molecular flexibility index (Phi) is 7.26. The van der Waals surface area contributed by atoms with Crippen molar-refractivity contribution < 1.29 is 19.5 Å². The highest BCUT2D eigenvalue weighted by Gasteiger charge is 2.29. The maximum atomic E-state index is 13.0. The number of benzene rings is 1. The summed E-state index contributed by atoms with van der Waals surface area (Å²) in [6, 6.07) is 4.52. The third-order valence-electron chi connectivity index (χ3n) is 5.35. The molecule has 3 atom stereocenters. The number of fused-ring (bicyclic) bond motifs is 1. The topological polar surface area (TPSA) is 166 Å². The van der Waals surface area contributed by atoms with Gasteiger partial charge in [-0.05, 0) is 17.5 Å². The standard InChI is InChI=1S/C22H28N6O4/c1-12(2)19(23)21(30)27-17(8-14-10-24-11-26-14)20(29)28-18(22(31)32)7-13-9-25-16-6-4-3-5-15(13)16/h3-6,9-12,17-19,25H,7-8,23H2,1-2H3,(H,24,26)(H,27,30)(H,28,29)(H,31,32). The Bertz CT molecular complexity index is 1080. The van der Waals surface area contributed by atoms with Gasteiger partial charge in [-0.15, -0.1) is 0 Å². The van der Waals surface area contributed by atoms with Gasteiger partial charge >= 0.3 is 5.97 Å². The van der Waals surface area contributed by atoms with Crippen LogP contribution in [0.4, 0.5) is 0 Å². The van der Waals surface area contributed by atoms with Crippen LogP contribution in [0.25, 0.3) is 10.9 Å². The van der Waals surface area contributed by atoms with Crippen LogP contribution in [0.15, 0.2) is 43.0 Å². The second-order valence-electron chi connectivity index (χ2n) is 8.07.